The zero-order chi connectivity index (χ0) is 27.0. The molecule has 0 aromatic heterocycles. The Bertz CT molecular complexity index is 1190. The molecule has 9 nitrogen and oxygen atoms in total. The van der Waals surface area contributed by atoms with Crippen LogP contribution in [0.25, 0.3) is 0 Å². The first-order valence-electron chi connectivity index (χ1n) is 12.3. The SMILES string of the molecule is CC(=O)C1=C(O)[C@@]2(O)C(O)C3C(=O)c4c(O)c(C(C)C)cc(N(C)C)c4C[C@H]3C[C@H]2[C@H](N(C)C)C1=O. The highest BCUT2D eigenvalue weighted by Crippen LogP contribution is 2.55. The van der Waals surface area contributed by atoms with E-state index in [-0.39, 0.29) is 23.7 Å². The number of carbonyl (C=O) groups excluding carboxylic acids is 3. The van der Waals surface area contributed by atoms with Gasteiger partial charge >= 0.3 is 0 Å². The first kappa shape index (κ1) is 26.3. The maximum absolute atomic E-state index is 14.0. The molecule has 6 atom stereocenters. The lowest BCUT2D eigenvalue weighted by Gasteiger charge is -2.55. The summed E-state index contributed by atoms with van der Waals surface area (Å²) in [6, 6.07) is 0.907. The normalized spacial score (nSPS) is 31.9. The highest BCUT2D eigenvalue weighted by molar-refractivity contribution is 6.22. The van der Waals surface area contributed by atoms with Gasteiger partial charge in [0.1, 0.15) is 23.2 Å². The number of anilines is 1. The van der Waals surface area contributed by atoms with E-state index in [1.54, 1.807) is 19.0 Å². The van der Waals surface area contributed by atoms with Gasteiger partial charge in [-0.05, 0) is 62.9 Å². The third-order valence-corrected chi connectivity index (χ3v) is 8.37. The monoisotopic (exact) mass is 500 g/mol. The molecule has 1 fully saturated rings. The number of aromatic hydroxyl groups is 1. The van der Waals surface area contributed by atoms with E-state index in [4.69, 9.17) is 0 Å². The standard InChI is InChI=1S/C27H36N2O7/c1-11(2)14-10-17(28(4)5)15-8-13-9-16-21(29(6)7)24(33)18(12(3)30)25(34)27(16,36)26(35)19(13)23(32)20(15)22(14)31/h10-11,13,16,19,21,26,31,34-36H,8-9H2,1-7H3/t13-,16-,19?,21-,26?,27+/m0/s1. The Morgan fingerprint density at radius 1 is 1.11 bits per heavy atom. The molecular weight excluding hydrogens is 464 g/mol. The van der Waals surface area contributed by atoms with Crippen molar-refractivity contribution in [2.45, 2.75) is 57.3 Å². The summed E-state index contributed by atoms with van der Waals surface area (Å²) in [5.41, 5.74) is -0.735. The first-order valence-corrected chi connectivity index (χ1v) is 12.3. The molecule has 196 valence electrons. The summed E-state index contributed by atoms with van der Waals surface area (Å²) < 4.78 is 0. The number of phenolic OH excluding ortho intramolecular Hbond substituents is 1. The number of likely N-dealkylation sites (N-methyl/N-ethyl adjacent to an activating group) is 1. The quantitative estimate of drug-likeness (QED) is 0.454. The Morgan fingerprint density at radius 3 is 2.22 bits per heavy atom. The van der Waals surface area contributed by atoms with Gasteiger partial charge in [-0.2, -0.15) is 0 Å². The van der Waals surface area contributed by atoms with Crippen molar-refractivity contribution in [1.29, 1.82) is 0 Å². The van der Waals surface area contributed by atoms with Crippen molar-refractivity contribution in [3.8, 4) is 5.75 Å². The lowest BCUT2D eigenvalue weighted by molar-refractivity contribution is -0.183. The minimum Gasteiger partial charge on any atom is -0.508 e. The Balaban J connectivity index is 1.94. The zero-order valence-electron chi connectivity index (χ0n) is 21.9. The molecule has 0 amide bonds. The highest BCUT2D eigenvalue weighted by Gasteiger charge is 2.65. The summed E-state index contributed by atoms with van der Waals surface area (Å²) >= 11 is 0. The second-order valence-corrected chi connectivity index (χ2v) is 11.3. The molecule has 0 radical (unpaired) electrons. The smallest absolute Gasteiger partial charge is 0.187 e. The number of fused-ring (bicyclic) bond motifs is 3. The van der Waals surface area contributed by atoms with Crippen molar-refractivity contribution in [2.24, 2.45) is 17.8 Å². The molecule has 4 N–H and O–H groups in total. The summed E-state index contributed by atoms with van der Waals surface area (Å²) in [5.74, 6) is -5.45. The van der Waals surface area contributed by atoms with Crippen LogP contribution in [0, 0.1) is 17.8 Å². The summed E-state index contributed by atoms with van der Waals surface area (Å²) in [5, 5.41) is 45.6. The zero-order valence-corrected chi connectivity index (χ0v) is 21.9. The molecule has 3 aliphatic carbocycles. The number of carbonyl (C=O) groups is 3. The lowest BCUT2D eigenvalue weighted by atomic mass is 9.53. The molecule has 0 heterocycles. The molecule has 3 aliphatic rings. The number of hydrogen-bond donors (Lipinski definition) is 4. The van der Waals surface area contributed by atoms with Gasteiger partial charge in [0, 0.05) is 25.7 Å². The van der Waals surface area contributed by atoms with Crippen LogP contribution >= 0.6 is 0 Å². The fourth-order valence-electron chi connectivity index (χ4n) is 6.70. The van der Waals surface area contributed by atoms with Crippen LogP contribution in [0.1, 0.15) is 54.6 Å². The molecular formula is C27H36N2O7. The predicted molar refractivity (Wildman–Crippen MR) is 133 cm³/mol. The van der Waals surface area contributed by atoms with Gasteiger partial charge in [-0.15, -0.1) is 0 Å². The van der Waals surface area contributed by atoms with Gasteiger partial charge in [-0.25, -0.2) is 0 Å². The van der Waals surface area contributed by atoms with Gasteiger partial charge < -0.3 is 25.3 Å². The van der Waals surface area contributed by atoms with Gasteiger partial charge in [0.2, 0.25) is 0 Å². The molecule has 1 saturated carbocycles. The number of rotatable bonds is 4. The number of hydrogen-bond acceptors (Lipinski definition) is 9. The number of aliphatic hydroxyl groups is 3. The molecule has 1 aromatic carbocycles. The van der Waals surface area contributed by atoms with E-state index >= 15 is 0 Å². The van der Waals surface area contributed by atoms with Crippen molar-refractivity contribution < 1.29 is 34.8 Å². The largest absolute Gasteiger partial charge is 0.508 e. The summed E-state index contributed by atoms with van der Waals surface area (Å²) in [6.07, 6.45) is -1.28. The average Bonchev–Trinajstić information content (AvgIpc) is 2.75. The molecule has 2 unspecified atom stereocenters. The van der Waals surface area contributed by atoms with Crippen LogP contribution < -0.4 is 4.90 Å². The summed E-state index contributed by atoms with van der Waals surface area (Å²) in [6.45, 7) is 4.94. The molecule has 0 aliphatic heterocycles. The minimum absolute atomic E-state index is 0.0697. The fourth-order valence-corrected chi connectivity index (χ4v) is 6.70. The fraction of sp³-hybridized carbons (Fsp3) is 0.593. The molecule has 4 rings (SSSR count). The topological polar surface area (TPSA) is 139 Å². The van der Waals surface area contributed by atoms with Gasteiger partial charge in [-0.1, -0.05) is 13.8 Å². The van der Waals surface area contributed by atoms with E-state index in [1.165, 1.54) is 0 Å². The molecule has 9 heteroatoms. The second-order valence-electron chi connectivity index (χ2n) is 11.3. The van der Waals surface area contributed by atoms with Crippen LogP contribution in [0.2, 0.25) is 0 Å². The Hall–Kier alpha value is -2.75. The van der Waals surface area contributed by atoms with E-state index in [9.17, 15) is 34.8 Å². The number of Topliss-reactive ketones (excluding diaryl/α,β-unsaturated/α-hetero) is 3. The Kier molecular flexibility index (Phi) is 6.34. The Labute approximate surface area is 211 Å². The maximum atomic E-state index is 14.0. The van der Waals surface area contributed by atoms with Gasteiger partial charge in [-0.3, -0.25) is 19.3 Å². The van der Waals surface area contributed by atoms with Crippen LogP contribution in [-0.2, 0) is 16.0 Å². The van der Waals surface area contributed by atoms with Crippen molar-refractivity contribution in [3.63, 3.8) is 0 Å². The second kappa shape index (κ2) is 8.68. The summed E-state index contributed by atoms with van der Waals surface area (Å²) in [7, 11) is 6.99. The van der Waals surface area contributed by atoms with E-state index < -0.39 is 64.2 Å². The van der Waals surface area contributed by atoms with Crippen LogP contribution in [-0.4, -0.2) is 88.6 Å². The van der Waals surface area contributed by atoms with Crippen LogP contribution in [0.15, 0.2) is 17.4 Å². The van der Waals surface area contributed by atoms with Crippen LogP contribution in [0.5, 0.6) is 5.75 Å². The molecule has 36 heavy (non-hydrogen) atoms. The highest BCUT2D eigenvalue weighted by atomic mass is 16.4. The Morgan fingerprint density at radius 2 is 1.72 bits per heavy atom. The number of phenols is 1. The van der Waals surface area contributed by atoms with Crippen molar-refractivity contribution in [3.05, 3.63) is 34.1 Å². The van der Waals surface area contributed by atoms with Gasteiger partial charge in [0.05, 0.1) is 17.5 Å². The van der Waals surface area contributed by atoms with Crippen LogP contribution in [0.3, 0.4) is 0 Å². The van der Waals surface area contributed by atoms with Crippen molar-refractivity contribution in [1.82, 2.24) is 4.90 Å². The van der Waals surface area contributed by atoms with Gasteiger partial charge in [0.25, 0.3) is 0 Å². The third-order valence-electron chi connectivity index (χ3n) is 8.37. The van der Waals surface area contributed by atoms with Crippen molar-refractivity contribution >= 4 is 23.0 Å². The number of aliphatic hydroxyl groups excluding tert-OH is 2. The van der Waals surface area contributed by atoms with E-state index in [0.29, 0.717) is 17.5 Å². The number of benzene rings is 1. The summed E-state index contributed by atoms with van der Waals surface area (Å²) in [4.78, 5) is 43.0. The first-order chi connectivity index (χ1) is 16.7. The molecule has 0 saturated heterocycles. The maximum Gasteiger partial charge on any atom is 0.187 e. The van der Waals surface area contributed by atoms with E-state index in [2.05, 4.69) is 0 Å². The average molecular weight is 501 g/mol. The predicted octanol–water partition coefficient (Wildman–Crippen LogP) is 1.58. The third kappa shape index (κ3) is 3.43. The lowest BCUT2D eigenvalue weighted by Crippen LogP contribution is -2.69. The molecule has 0 spiro atoms. The van der Waals surface area contributed by atoms with Gasteiger partial charge in [0.15, 0.2) is 23.0 Å². The molecule has 0 bridgehead atoms. The molecule has 1 aromatic rings. The van der Waals surface area contributed by atoms with Crippen LogP contribution in [0.4, 0.5) is 5.69 Å². The number of nitrogens with zero attached hydrogens (tertiary/aromatic N) is 2. The van der Waals surface area contributed by atoms with E-state index in [1.807, 2.05) is 38.9 Å². The number of ketones is 3. The van der Waals surface area contributed by atoms with E-state index in [0.717, 1.165) is 12.6 Å². The minimum atomic E-state index is -2.37. The van der Waals surface area contributed by atoms with Crippen molar-refractivity contribution in [2.75, 3.05) is 33.1 Å².